The van der Waals surface area contributed by atoms with E-state index in [-0.39, 0.29) is 5.54 Å². The number of morpholine rings is 1. The Morgan fingerprint density at radius 2 is 2.25 bits per heavy atom. The fraction of sp³-hybridized carbons (Fsp3) is 0.533. The van der Waals surface area contributed by atoms with Crippen LogP contribution in [0.1, 0.15) is 29.8 Å². The van der Waals surface area contributed by atoms with Gasteiger partial charge in [0.2, 0.25) is 0 Å². The molecule has 2 N–H and O–H groups in total. The lowest BCUT2D eigenvalue weighted by Gasteiger charge is -2.42. The van der Waals surface area contributed by atoms with Gasteiger partial charge in [0.05, 0.1) is 25.9 Å². The van der Waals surface area contributed by atoms with Crippen molar-refractivity contribution in [3.8, 4) is 0 Å². The number of ether oxygens (including phenoxy) is 2. The molecular weight excluding hydrogens is 256 g/mol. The number of anilines is 1. The predicted molar refractivity (Wildman–Crippen MR) is 77.5 cm³/mol. The third kappa shape index (κ3) is 3.11. The van der Waals surface area contributed by atoms with Crippen molar-refractivity contribution in [2.75, 3.05) is 32.6 Å². The first kappa shape index (κ1) is 14.8. The lowest BCUT2D eigenvalue weighted by Crippen LogP contribution is -2.52. The van der Waals surface area contributed by atoms with Gasteiger partial charge < -0.3 is 15.2 Å². The summed E-state index contributed by atoms with van der Waals surface area (Å²) in [6.45, 7) is 7.41. The molecular formula is C15H22N2O3. The molecule has 1 aliphatic heterocycles. The summed E-state index contributed by atoms with van der Waals surface area (Å²) in [5, 5.41) is 0. The Balaban J connectivity index is 2.19. The number of rotatable bonds is 3. The molecule has 1 saturated heterocycles. The Morgan fingerprint density at radius 1 is 1.50 bits per heavy atom. The average molecular weight is 278 g/mol. The molecule has 0 radical (unpaired) electrons. The van der Waals surface area contributed by atoms with Crippen molar-refractivity contribution < 1.29 is 14.3 Å². The largest absolute Gasteiger partial charge is 0.465 e. The van der Waals surface area contributed by atoms with Crippen LogP contribution in [-0.2, 0) is 16.0 Å². The molecule has 1 aliphatic rings. The summed E-state index contributed by atoms with van der Waals surface area (Å²) in [5.41, 5.74) is 7.73. The van der Waals surface area contributed by atoms with E-state index in [0.717, 1.165) is 25.3 Å². The van der Waals surface area contributed by atoms with Crippen molar-refractivity contribution in [1.29, 1.82) is 0 Å². The highest BCUT2D eigenvalue weighted by atomic mass is 16.5. The van der Waals surface area contributed by atoms with Crippen LogP contribution in [0.15, 0.2) is 18.2 Å². The van der Waals surface area contributed by atoms with Gasteiger partial charge in [-0.25, -0.2) is 4.79 Å². The molecule has 0 saturated carbocycles. The second kappa shape index (κ2) is 5.81. The molecule has 1 aromatic rings. The molecule has 0 aromatic heterocycles. The fourth-order valence-corrected chi connectivity index (χ4v) is 2.39. The van der Waals surface area contributed by atoms with Crippen molar-refractivity contribution in [3.05, 3.63) is 29.3 Å². The standard InChI is InChI=1S/C15H22N2O3/c1-15(2)10-20-7-6-17(15)9-11-4-5-13(16)12(8-11)14(18)19-3/h4-5,8H,6-7,9-10,16H2,1-3H3. The lowest BCUT2D eigenvalue weighted by atomic mass is 10.0. The minimum absolute atomic E-state index is 0.00886. The van der Waals surface area contributed by atoms with E-state index >= 15 is 0 Å². The van der Waals surface area contributed by atoms with Gasteiger partial charge in [-0.2, -0.15) is 0 Å². The Kier molecular flexibility index (Phi) is 4.30. The molecule has 1 aromatic carbocycles. The summed E-state index contributed by atoms with van der Waals surface area (Å²) >= 11 is 0. The lowest BCUT2D eigenvalue weighted by molar-refractivity contribution is -0.0552. The maximum Gasteiger partial charge on any atom is 0.339 e. The number of esters is 1. The third-order valence-electron chi connectivity index (χ3n) is 3.71. The molecule has 2 rings (SSSR count). The van der Waals surface area contributed by atoms with Crippen LogP contribution >= 0.6 is 0 Å². The molecule has 1 fully saturated rings. The molecule has 20 heavy (non-hydrogen) atoms. The van der Waals surface area contributed by atoms with E-state index in [1.54, 1.807) is 6.07 Å². The van der Waals surface area contributed by atoms with Gasteiger partial charge in [-0.1, -0.05) is 6.07 Å². The summed E-state index contributed by atoms with van der Waals surface area (Å²) in [5.74, 6) is -0.398. The molecule has 5 nitrogen and oxygen atoms in total. The summed E-state index contributed by atoms with van der Waals surface area (Å²) in [4.78, 5) is 14.0. The number of carbonyl (C=O) groups is 1. The van der Waals surface area contributed by atoms with Crippen LogP contribution < -0.4 is 5.73 Å². The maximum absolute atomic E-state index is 11.7. The smallest absolute Gasteiger partial charge is 0.339 e. The number of nitrogens with zero attached hydrogens (tertiary/aromatic N) is 1. The Bertz CT molecular complexity index is 500. The number of benzene rings is 1. The van der Waals surface area contributed by atoms with Crippen LogP contribution in [0.25, 0.3) is 0 Å². The van der Waals surface area contributed by atoms with E-state index in [1.165, 1.54) is 7.11 Å². The van der Waals surface area contributed by atoms with Gasteiger partial charge in [-0.15, -0.1) is 0 Å². The van der Waals surface area contributed by atoms with E-state index < -0.39 is 5.97 Å². The van der Waals surface area contributed by atoms with Crippen molar-refractivity contribution in [2.24, 2.45) is 0 Å². The monoisotopic (exact) mass is 278 g/mol. The highest BCUT2D eigenvalue weighted by Gasteiger charge is 2.30. The van der Waals surface area contributed by atoms with Crippen LogP contribution in [0, 0.1) is 0 Å². The van der Waals surface area contributed by atoms with E-state index in [0.29, 0.717) is 17.9 Å². The van der Waals surface area contributed by atoms with Gasteiger partial charge >= 0.3 is 5.97 Å². The first-order valence-corrected chi connectivity index (χ1v) is 6.73. The van der Waals surface area contributed by atoms with Crippen molar-refractivity contribution in [3.63, 3.8) is 0 Å². The fourth-order valence-electron chi connectivity index (χ4n) is 2.39. The average Bonchev–Trinajstić information content (AvgIpc) is 2.42. The third-order valence-corrected chi connectivity index (χ3v) is 3.71. The van der Waals surface area contributed by atoms with E-state index in [9.17, 15) is 4.79 Å². The molecule has 110 valence electrons. The molecule has 0 bridgehead atoms. The summed E-state index contributed by atoms with van der Waals surface area (Å²) in [6, 6.07) is 5.52. The number of nitrogen functional groups attached to an aromatic ring is 1. The van der Waals surface area contributed by atoms with Crippen LogP contribution in [0.3, 0.4) is 0 Å². The zero-order valence-electron chi connectivity index (χ0n) is 12.3. The van der Waals surface area contributed by atoms with Crippen LogP contribution in [0.5, 0.6) is 0 Å². The van der Waals surface area contributed by atoms with Crippen molar-refractivity contribution in [2.45, 2.75) is 25.9 Å². The number of hydrogen-bond acceptors (Lipinski definition) is 5. The predicted octanol–water partition coefficient (Wildman–Crippen LogP) is 1.67. The molecule has 5 heteroatoms. The maximum atomic E-state index is 11.7. The first-order chi connectivity index (χ1) is 9.44. The molecule has 0 atom stereocenters. The summed E-state index contributed by atoms with van der Waals surface area (Å²) in [6.07, 6.45) is 0. The molecule has 0 amide bonds. The highest BCUT2D eigenvalue weighted by molar-refractivity contribution is 5.95. The van der Waals surface area contributed by atoms with Crippen LogP contribution in [-0.4, -0.2) is 43.3 Å². The van der Waals surface area contributed by atoms with E-state index in [4.69, 9.17) is 15.2 Å². The molecule has 0 spiro atoms. The topological polar surface area (TPSA) is 64.8 Å². The van der Waals surface area contributed by atoms with Gasteiger partial charge in [0, 0.05) is 24.3 Å². The van der Waals surface area contributed by atoms with Crippen LogP contribution in [0.4, 0.5) is 5.69 Å². The van der Waals surface area contributed by atoms with Gasteiger partial charge in [-0.3, -0.25) is 4.90 Å². The second-order valence-corrected chi connectivity index (χ2v) is 5.70. The Morgan fingerprint density at radius 3 is 2.90 bits per heavy atom. The number of nitrogens with two attached hydrogens (primary N) is 1. The summed E-state index contributed by atoms with van der Waals surface area (Å²) < 4.78 is 10.3. The molecule has 0 unspecified atom stereocenters. The van der Waals surface area contributed by atoms with Crippen molar-refractivity contribution in [1.82, 2.24) is 4.90 Å². The normalized spacial score (nSPS) is 18.8. The van der Waals surface area contributed by atoms with Crippen molar-refractivity contribution >= 4 is 11.7 Å². The highest BCUT2D eigenvalue weighted by Crippen LogP contribution is 2.23. The Hall–Kier alpha value is -1.59. The zero-order chi connectivity index (χ0) is 14.8. The van der Waals surface area contributed by atoms with Gasteiger partial charge in [-0.05, 0) is 31.5 Å². The summed E-state index contributed by atoms with van der Waals surface area (Å²) in [7, 11) is 1.36. The van der Waals surface area contributed by atoms with Gasteiger partial charge in [0.15, 0.2) is 0 Å². The quantitative estimate of drug-likeness (QED) is 0.673. The minimum atomic E-state index is -0.398. The zero-order valence-corrected chi connectivity index (χ0v) is 12.3. The SMILES string of the molecule is COC(=O)c1cc(CN2CCOCC2(C)C)ccc1N. The first-order valence-electron chi connectivity index (χ1n) is 6.73. The Labute approximate surface area is 119 Å². The number of hydrogen-bond donors (Lipinski definition) is 1. The molecule has 0 aliphatic carbocycles. The number of carbonyl (C=O) groups excluding carboxylic acids is 1. The number of methoxy groups -OCH3 is 1. The van der Waals surface area contributed by atoms with E-state index in [1.807, 2.05) is 12.1 Å². The molecule has 1 heterocycles. The van der Waals surface area contributed by atoms with Gasteiger partial charge in [0.25, 0.3) is 0 Å². The van der Waals surface area contributed by atoms with Gasteiger partial charge in [0.1, 0.15) is 0 Å². The minimum Gasteiger partial charge on any atom is -0.465 e. The van der Waals surface area contributed by atoms with E-state index in [2.05, 4.69) is 18.7 Å². The van der Waals surface area contributed by atoms with Crippen LogP contribution in [0.2, 0.25) is 0 Å². The second-order valence-electron chi connectivity index (χ2n) is 5.70.